The molecular weight excluding hydrogens is 275 g/mol. The third-order valence-electron chi connectivity index (χ3n) is 2.05. The van der Waals surface area contributed by atoms with Crippen LogP contribution in [0, 0.1) is 5.82 Å². The molecule has 0 aliphatic carbocycles. The summed E-state index contributed by atoms with van der Waals surface area (Å²) in [7, 11) is 0. The summed E-state index contributed by atoms with van der Waals surface area (Å²) < 4.78 is 14.1. The zero-order chi connectivity index (χ0) is 13.0. The Morgan fingerprint density at radius 1 is 1.39 bits per heavy atom. The van der Waals surface area contributed by atoms with Gasteiger partial charge < -0.3 is 5.11 Å². The van der Waals surface area contributed by atoms with Crippen LogP contribution >= 0.6 is 23.1 Å². The minimum atomic E-state index is -0.846. The minimum Gasteiger partial charge on any atom is -0.481 e. The molecule has 0 atom stereocenters. The van der Waals surface area contributed by atoms with Crippen molar-refractivity contribution < 1.29 is 14.3 Å². The van der Waals surface area contributed by atoms with Gasteiger partial charge in [0.2, 0.25) is 0 Å². The molecule has 0 aliphatic heterocycles. The van der Waals surface area contributed by atoms with E-state index in [0.717, 1.165) is 0 Å². The van der Waals surface area contributed by atoms with Crippen LogP contribution in [-0.2, 0) is 4.79 Å². The summed E-state index contributed by atoms with van der Waals surface area (Å²) in [6.45, 7) is 0. The summed E-state index contributed by atoms with van der Waals surface area (Å²) in [6, 6.07) is 6.36. The molecule has 2 aromatic rings. The van der Waals surface area contributed by atoms with Crippen molar-refractivity contribution in [3.05, 3.63) is 30.1 Å². The van der Waals surface area contributed by atoms with Crippen molar-refractivity contribution in [2.45, 2.75) is 10.8 Å². The molecule has 94 valence electrons. The fraction of sp³-hybridized carbons (Fsp3) is 0.182. The minimum absolute atomic E-state index is 0.0687. The number of hydrogen-bond donors (Lipinski definition) is 1. The number of carbonyl (C=O) groups is 1. The van der Waals surface area contributed by atoms with Crippen LogP contribution in [0.4, 0.5) is 4.39 Å². The zero-order valence-electron chi connectivity index (χ0n) is 9.17. The van der Waals surface area contributed by atoms with E-state index in [2.05, 4.69) is 10.2 Å². The van der Waals surface area contributed by atoms with E-state index in [1.54, 1.807) is 18.2 Å². The van der Waals surface area contributed by atoms with Crippen molar-refractivity contribution in [3.8, 4) is 10.6 Å². The molecule has 2 rings (SSSR count). The fourth-order valence-corrected chi connectivity index (χ4v) is 3.11. The van der Waals surface area contributed by atoms with Gasteiger partial charge in [-0.05, 0) is 12.1 Å². The van der Waals surface area contributed by atoms with E-state index in [9.17, 15) is 9.18 Å². The summed E-state index contributed by atoms with van der Waals surface area (Å²) in [6.07, 6.45) is 0.0687. The Morgan fingerprint density at radius 3 is 2.89 bits per heavy atom. The van der Waals surface area contributed by atoms with E-state index in [0.29, 0.717) is 20.7 Å². The summed E-state index contributed by atoms with van der Waals surface area (Å²) in [5, 5.41) is 16.8. The number of rotatable bonds is 5. The number of aliphatic carboxylic acids is 1. The molecule has 1 N–H and O–H groups in total. The van der Waals surface area contributed by atoms with E-state index < -0.39 is 5.97 Å². The fourth-order valence-electron chi connectivity index (χ4n) is 1.24. The second kappa shape index (κ2) is 5.92. The Labute approximate surface area is 111 Å². The molecule has 0 unspecified atom stereocenters. The highest BCUT2D eigenvalue weighted by atomic mass is 32.2. The van der Waals surface area contributed by atoms with Gasteiger partial charge in [-0.3, -0.25) is 4.79 Å². The van der Waals surface area contributed by atoms with Gasteiger partial charge in [-0.2, -0.15) is 0 Å². The molecule has 0 fully saturated rings. The highest BCUT2D eigenvalue weighted by molar-refractivity contribution is 8.01. The van der Waals surface area contributed by atoms with Crippen LogP contribution in [-0.4, -0.2) is 27.0 Å². The summed E-state index contributed by atoms with van der Waals surface area (Å²) >= 11 is 2.57. The Bertz CT molecular complexity index is 559. The van der Waals surface area contributed by atoms with E-state index in [4.69, 9.17) is 5.11 Å². The van der Waals surface area contributed by atoms with Crippen LogP contribution in [0.2, 0.25) is 0 Å². The van der Waals surface area contributed by atoms with Gasteiger partial charge in [0.15, 0.2) is 9.35 Å². The number of aromatic nitrogens is 2. The van der Waals surface area contributed by atoms with Gasteiger partial charge in [-0.25, -0.2) is 4.39 Å². The van der Waals surface area contributed by atoms with E-state index in [1.165, 1.54) is 29.2 Å². The number of hydrogen-bond acceptors (Lipinski definition) is 5. The van der Waals surface area contributed by atoms with E-state index in [1.807, 2.05) is 0 Å². The zero-order valence-corrected chi connectivity index (χ0v) is 10.8. The Hall–Kier alpha value is -1.47. The number of carboxylic acid groups (broad SMARTS) is 1. The lowest BCUT2D eigenvalue weighted by atomic mass is 10.2. The Morgan fingerprint density at radius 2 is 2.17 bits per heavy atom. The van der Waals surface area contributed by atoms with Crippen molar-refractivity contribution in [2.75, 3.05) is 5.75 Å². The first kappa shape index (κ1) is 13.0. The summed E-state index contributed by atoms with van der Waals surface area (Å²) in [5.41, 5.74) is 0.417. The summed E-state index contributed by atoms with van der Waals surface area (Å²) in [5.74, 6) is -0.751. The third-order valence-corrected chi connectivity index (χ3v) is 4.14. The SMILES string of the molecule is O=C(O)CCSc1nnc(-c2ccccc2F)s1. The van der Waals surface area contributed by atoms with Crippen LogP contribution in [0.1, 0.15) is 6.42 Å². The lowest BCUT2D eigenvalue weighted by Crippen LogP contribution is -1.95. The molecule has 1 aromatic carbocycles. The number of carboxylic acids is 1. The first-order valence-electron chi connectivity index (χ1n) is 5.10. The lowest BCUT2D eigenvalue weighted by molar-refractivity contribution is -0.136. The molecule has 0 saturated carbocycles. The molecule has 0 saturated heterocycles. The molecule has 1 aromatic heterocycles. The topological polar surface area (TPSA) is 63.1 Å². The molecular formula is C11H9FN2O2S2. The average molecular weight is 284 g/mol. The van der Waals surface area contributed by atoms with Gasteiger partial charge >= 0.3 is 5.97 Å². The maximum atomic E-state index is 13.5. The average Bonchev–Trinajstić information content (AvgIpc) is 2.78. The predicted octanol–water partition coefficient (Wildman–Crippen LogP) is 2.91. The van der Waals surface area contributed by atoms with Gasteiger partial charge in [-0.15, -0.1) is 10.2 Å². The van der Waals surface area contributed by atoms with Crippen molar-refractivity contribution >= 4 is 29.1 Å². The van der Waals surface area contributed by atoms with Gasteiger partial charge in [0.05, 0.1) is 6.42 Å². The van der Waals surface area contributed by atoms with Crippen molar-refractivity contribution in [1.29, 1.82) is 0 Å². The first-order chi connectivity index (χ1) is 8.66. The highest BCUT2D eigenvalue weighted by Crippen LogP contribution is 2.30. The third kappa shape index (κ3) is 3.27. The smallest absolute Gasteiger partial charge is 0.304 e. The molecule has 0 radical (unpaired) electrons. The molecule has 18 heavy (non-hydrogen) atoms. The van der Waals surface area contributed by atoms with Gasteiger partial charge in [0.1, 0.15) is 5.82 Å². The van der Waals surface area contributed by atoms with E-state index >= 15 is 0 Å². The maximum absolute atomic E-state index is 13.5. The predicted molar refractivity (Wildman–Crippen MR) is 68.3 cm³/mol. The van der Waals surface area contributed by atoms with Crippen LogP contribution in [0.5, 0.6) is 0 Å². The quantitative estimate of drug-likeness (QED) is 0.855. The molecule has 0 bridgehead atoms. The second-order valence-electron chi connectivity index (χ2n) is 3.35. The normalized spacial score (nSPS) is 10.5. The van der Waals surface area contributed by atoms with Crippen LogP contribution < -0.4 is 0 Å². The molecule has 1 heterocycles. The Balaban J connectivity index is 2.06. The maximum Gasteiger partial charge on any atom is 0.304 e. The lowest BCUT2D eigenvalue weighted by Gasteiger charge is -1.95. The Kier molecular flexibility index (Phi) is 4.27. The monoisotopic (exact) mass is 284 g/mol. The standard InChI is InChI=1S/C11H9FN2O2S2/c12-8-4-2-1-3-7(8)10-13-14-11(18-10)17-6-5-9(15)16/h1-4H,5-6H2,(H,15,16). The van der Waals surface area contributed by atoms with Crippen molar-refractivity contribution in [1.82, 2.24) is 10.2 Å². The first-order valence-corrected chi connectivity index (χ1v) is 6.90. The van der Waals surface area contributed by atoms with Crippen molar-refractivity contribution in [2.24, 2.45) is 0 Å². The molecule has 0 aliphatic rings. The highest BCUT2D eigenvalue weighted by Gasteiger charge is 2.11. The van der Waals surface area contributed by atoms with Crippen LogP contribution in [0.25, 0.3) is 10.6 Å². The molecule has 7 heteroatoms. The van der Waals surface area contributed by atoms with Crippen LogP contribution in [0.15, 0.2) is 28.6 Å². The number of halogens is 1. The van der Waals surface area contributed by atoms with E-state index in [-0.39, 0.29) is 12.2 Å². The van der Waals surface area contributed by atoms with Gasteiger partial charge in [0, 0.05) is 11.3 Å². The number of thioether (sulfide) groups is 1. The molecule has 0 amide bonds. The molecule has 4 nitrogen and oxygen atoms in total. The second-order valence-corrected chi connectivity index (χ2v) is 5.66. The number of nitrogens with zero attached hydrogens (tertiary/aromatic N) is 2. The van der Waals surface area contributed by atoms with Gasteiger partial charge in [-0.1, -0.05) is 35.2 Å². The van der Waals surface area contributed by atoms with Crippen molar-refractivity contribution in [3.63, 3.8) is 0 Å². The summed E-state index contributed by atoms with van der Waals surface area (Å²) in [4.78, 5) is 10.4. The van der Waals surface area contributed by atoms with Crippen LogP contribution in [0.3, 0.4) is 0 Å². The number of benzene rings is 1. The largest absolute Gasteiger partial charge is 0.481 e. The van der Waals surface area contributed by atoms with Gasteiger partial charge in [0.25, 0.3) is 0 Å². The molecule has 0 spiro atoms.